The quantitative estimate of drug-likeness (QED) is 0.879. The summed E-state index contributed by atoms with van der Waals surface area (Å²) in [5, 5.41) is 17.5. The van der Waals surface area contributed by atoms with Gasteiger partial charge < -0.3 is 5.11 Å². The van der Waals surface area contributed by atoms with E-state index >= 15 is 0 Å². The van der Waals surface area contributed by atoms with Gasteiger partial charge in [-0.25, -0.2) is 4.68 Å². The third-order valence-electron chi connectivity index (χ3n) is 3.16. The van der Waals surface area contributed by atoms with E-state index in [1.165, 1.54) is 5.56 Å². The summed E-state index contributed by atoms with van der Waals surface area (Å²) in [5.41, 5.74) is 2.93. The number of aliphatic hydroxyl groups is 1. The third-order valence-corrected chi connectivity index (χ3v) is 3.16. The summed E-state index contributed by atoms with van der Waals surface area (Å²) >= 11 is 0. The first-order valence-electron chi connectivity index (χ1n) is 6.36. The summed E-state index contributed by atoms with van der Waals surface area (Å²) in [6.07, 6.45) is 1.90. The largest absolute Gasteiger partial charge is 0.390 e. The number of aromatic nitrogens is 3. The van der Waals surface area contributed by atoms with Gasteiger partial charge in [0.25, 0.3) is 0 Å². The van der Waals surface area contributed by atoms with Gasteiger partial charge in [-0.05, 0) is 18.9 Å². The maximum absolute atomic E-state index is 9.29. The summed E-state index contributed by atoms with van der Waals surface area (Å²) < 4.78 is 1.92. The minimum absolute atomic E-state index is 0.0448. The predicted molar refractivity (Wildman–Crippen MR) is 70.2 cm³/mol. The molecular formula is C14H19N3O. The van der Waals surface area contributed by atoms with Crippen molar-refractivity contribution in [3.63, 3.8) is 0 Å². The summed E-state index contributed by atoms with van der Waals surface area (Å²) in [6.45, 7) is 4.17. The smallest absolute Gasteiger partial charge is 0.111 e. The topological polar surface area (TPSA) is 50.9 Å². The summed E-state index contributed by atoms with van der Waals surface area (Å²) in [4.78, 5) is 0. The molecule has 0 aliphatic rings. The highest BCUT2D eigenvalue weighted by Gasteiger charge is 2.16. The van der Waals surface area contributed by atoms with Crippen LogP contribution in [0.4, 0.5) is 0 Å². The predicted octanol–water partition coefficient (Wildman–Crippen LogP) is 2.33. The highest BCUT2D eigenvalue weighted by Crippen LogP contribution is 2.20. The number of hydrogen-bond donors (Lipinski definition) is 1. The molecule has 1 heterocycles. The van der Waals surface area contributed by atoms with Crippen molar-refractivity contribution in [1.29, 1.82) is 0 Å². The molecule has 4 heteroatoms. The average Bonchev–Trinajstić information content (AvgIpc) is 2.82. The van der Waals surface area contributed by atoms with Gasteiger partial charge in [0.15, 0.2) is 0 Å². The maximum Gasteiger partial charge on any atom is 0.111 e. The van der Waals surface area contributed by atoms with E-state index in [4.69, 9.17) is 0 Å². The van der Waals surface area contributed by atoms with Crippen LogP contribution in [0.2, 0.25) is 0 Å². The normalized spacial score (nSPS) is 12.6. The van der Waals surface area contributed by atoms with Crippen LogP contribution < -0.4 is 0 Å². The van der Waals surface area contributed by atoms with Crippen LogP contribution in [-0.4, -0.2) is 20.1 Å². The molecule has 18 heavy (non-hydrogen) atoms. The molecule has 1 aromatic heterocycles. The Bertz CT molecular complexity index is 493. The van der Waals surface area contributed by atoms with Gasteiger partial charge in [-0.1, -0.05) is 48.9 Å². The Morgan fingerprint density at radius 2 is 2.00 bits per heavy atom. The van der Waals surface area contributed by atoms with Gasteiger partial charge in [0.05, 0.1) is 18.3 Å². The van der Waals surface area contributed by atoms with Crippen LogP contribution in [0.3, 0.4) is 0 Å². The van der Waals surface area contributed by atoms with E-state index in [1.807, 2.05) is 22.9 Å². The highest BCUT2D eigenvalue weighted by molar-refractivity contribution is 5.21. The van der Waals surface area contributed by atoms with E-state index in [9.17, 15) is 5.11 Å². The molecule has 96 valence electrons. The highest BCUT2D eigenvalue weighted by atomic mass is 16.3. The molecule has 0 radical (unpaired) electrons. The average molecular weight is 245 g/mol. The fraction of sp³-hybridized carbons (Fsp3) is 0.429. The molecule has 2 rings (SSSR count). The molecule has 2 aromatic rings. The first-order chi connectivity index (χ1) is 8.77. The fourth-order valence-electron chi connectivity index (χ4n) is 2.15. The lowest BCUT2D eigenvalue weighted by atomic mass is 10.1. The van der Waals surface area contributed by atoms with Crippen LogP contribution >= 0.6 is 0 Å². The van der Waals surface area contributed by atoms with Gasteiger partial charge in [0.2, 0.25) is 0 Å². The van der Waals surface area contributed by atoms with Crippen LogP contribution in [0.25, 0.3) is 0 Å². The fourth-order valence-corrected chi connectivity index (χ4v) is 2.15. The number of nitrogens with zero attached hydrogens (tertiary/aromatic N) is 3. The standard InChI is InChI=1S/C14H19N3O/c1-3-7-14-13(10-18)15-16-17(14)11(2)12-8-5-4-6-9-12/h4-6,8-9,11,18H,3,7,10H2,1-2H3. The van der Waals surface area contributed by atoms with Gasteiger partial charge in [-0.3, -0.25) is 0 Å². The van der Waals surface area contributed by atoms with E-state index in [1.54, 1.807) is 0 Å². The summed E-state index contributed by atoms with van der Waals surface area (Å²) in [7, 11) is 0. The van der Waals surface area contributed by atoms with Crippen molar-refractivity contribution >= 4 is 0 Å². The van der Waals surface area contributed by atoms with E-state index in [2.05, 4.69) is 36.3 Å². The van der Waals surface area contributed by atoms with Crippen molar-refractivity contribution in [2.45, 2.75) is 39.3 Å². The second-order valence-corrected chi connectivity index (χ2v) is 4.42. The zero-order valence-corrected chi connectivity index (χ0v) is 10.9. The van der Waals surface area contributed by atoms with Crippen molar-refractivity contribution in [1.82, 2.24) is 15.0 Å². The Balaban J connectivity index is 2.35. The molecule has 1 unspecified atom stereocenters. The van der Waals surface area contributed by atoms with E-state index in [0.29, 0.717) is 5.69 Å². The van der Waals surface area contributed by atoms with Crippen LogP contribution in [0, 0.1) is 0 Å². The number of benzene rings is 1. The lowest BCUT2D eigenvalue weighted by Gasteiger charge is -2.15. The molecule has 0 aliphatic carbocycles. The first-order valence-corrected chi connectivity index (χ1v) is 6.36. The molecule has 0 aliphatic heterocycles. The lowest BCUT2D eigenvalue weighted by molar-refractivity contribution is 0.275. The van der Waals surface area contributed by atoms with Gasteiger partial charge >= 0.3 is 0 Å². The van der Waals surface area contributed by atoms with Crippen LogP contribution in [0.5, 0.6) is 0 Å². The molecular weight excluding hydrogens is 226 g/mol. The van der Waals surface area contributed by atoms with Gasteiger partial charge in [-0.15, -0.1) is 5.10 Å². The molecule has 0 spiro atoms. The summed E-state index contributed by atoms with van der Waals surface area (Å²) in [5.74, 6) is 0. The van der Waals surface area contributed by atoms with Crippen molar-refractivity contribution < 1.29 is 5.11 Å². The molecule has 0 saturated carbocycles. The number of aliphatic hydroxyl groups excluding tert-OH is 1. The van der Waals surface area contributed by atoms with Crippen LogP contribution in [0.15, 0.2) is 30.3 Å². The Morgan fingerprint density at radius 1 is 1.28 bits per heavy atom. The molecule has 4 nitrogen and oxygen atoms in total. The van der Waals surface area contributed by atoms with Crippen molar-refractivity contribution in [2.24, 2.45) is 0 Å². The molecule has 0 amide bonds. The zero-order valence-electron chi connectivity index (χ0n) is 10.9. The molecule has 0 fully saturated rings. The lowest BCUT2D eigenvalue weighted by Crippen LogP contribution is -2.12. The van der Waals surface area contributed by atoms with E-state index in [0.717, 1.165) is 18.5 Å². The second kappa shape index (κ2) is 5.78. The van der Waals surface area contributed by atoms with Gasteiger partial charge in [-0.2, -0.15) is 0 Å². The van der Waals surface area contributed by atoms with Crippen LogP contribution in [0.1, 0.15) is 43.3 Å². The van der Waals surface area contributed by atoms with E-state index in [-0.39, 0.29) is 12.6 Å². The molecule has 0 bridgehead atoms. The summed E-state index contributed by atoms with van der Waals surface area (Å²) in [6, 6.07) is 10.4. The van der Waals surface area contributed by atoms with Gasteiger partial charge in [0, 0.05) is 0 Å². The zero-order chi connectivity index (χ0) is 13.0. The first kappa shape index (κ1) is 12.8. The molecule has 1 atom stereocenters. The van der Waals surface area contributed by atoms with Crippen molar-refractivity contribution in [2.75, 3.05) is 0 Å². The van der Waals surface area contributed by atoms with Crippen LogP contribution in [-0.2, 0) is 13.0 Å². The monoisotopic (exact) mass is 245 g/mol. The Hall–Kier alpha value is -1.68. The minimum Gasteiger partial charge on any atom is -0.390 e. The third kappa shape index (κ3) is 2.43. The van der Waals surface area contributed by atoms with Crippen molar-refractivity contribution in [3.05, 3.63) is 47.3 Å². The molecule has 1 aromatic carbocycles. The SMILES string of the molecule is CCCc1c(CO)nnn1C(C)c1ccccc1. The van der Waals surface area contributed by atoms with E-state index < -0.39 is 0 Å². The Morgan fingerprint density at radius 3 is 2.61 bits per heavy atom. The van der Waals surface area contributed by atoms with Gasteiger partial charge in [0.1, 0.15) is 5.69 Å². The Labute approximate surface area is 107 Å². The molecule has 0 saturated heterocycles. The molecule has 1 N–H and O–H groups in total. The van der Waals surface area contributed by atoms with Crippen molar-refractivity contribution in [3.8, 4) is 0 Å². The maximum atomic E-state index is 9.29. The Kier molecular flexibility index (Phi) is 4.10. The number of rotatable bonds is 5. The number of hydrogen-bond acceptors (Lipinski definition) is 3. The minimum atomic E-state index is -0.0448. The second-order valence-electron chi connectivity index (χ2n) is 4.42.